The van der Waals surface area contributed by atoms with Gasteiger partial charge in [-0.15, -0.1) is 0 Å². The van der Waals surface area contributed by atoms with E-state index in [1.807, 2.05) is 20.8 Å². The van der Waals surface area contributed by atoms with Crippen molar-refractivity contribution < 1.29 is 24.2 Å². The minimum atomic E-state index is -0.654. The monoisotopic (exact) mass is 379 g/mol. The minimum Gasteiger partial charge on any atom is -0.504 e. The number of rotatable bonds is 2. The van der Waals surface area contributed by atoms with Crippen molar-refractivity contribution in [3.05, 3.63) is 17.5 Å². The van der Waals surface area contributed by atoms with Gasteiger partial charge in [-0.3, -0.25) is 10.3 Å². The Labute approximate surface area is 159 Å². The first kappa shape index (κ1) is 20.8. The standard InChI is InChI=1S/C19H29N3O5/c1-11-15(23)14(21-16(24)26-18(2,3)4)8-13(20-11)12-9-22(10-12)17(25)27-19(5,6)7/h8,12,23H,9-10H2,1-7H3,(H,20,21,24). The zero-order valence-electron chi connectivity index (χ0n) is 17.0. The first-order chi connectivity index (χ1) is 12.2. The number of likely N-dealkylation sites (tertiary alicyclic amines) is 1. The Morgan fingerprint density at radius 2 is 1.70 bits per heavy atom. The number of hydrogen-bond acceptors (Lipinski definition) is 6. The molecule has 27 heavy (non-hydrogen) atoms. The molecule has 2 amide bonds. The van der Waals surface area contributed by atoms with Crippen molar-refractivity contribution in [1.29, 1.82) is 0 Å². The summed E-state index contributed by atoms with van der Waals surface area (Å²) in [5.74, 6) is -0.0936. The van der Waals surface area contributed by atoms with Crippen LogP contribution in [0.4, 0.5) is 15.3 Å². The maximum Gasteiger partial charge on any atom is 0.412 e. The summed E-state index contributed by atoms with van der Waals surface area (Å²) in [5, 5.41) is 12.8. The second-order valence-electron chi connectivity index (χ2n) is 8.74. The summed E-state index contributed by atoms with van der Waals surface area (Å²) >= 11 is 0. The molecule has 2 rings (SSSR count). The SMILES string of the molecule is Cc1nc(C2CN(C(=O)OC(C)(C)C)C2)cc(NC(=O)OC(C)(C)C)c1O. The van der Waals surface area contributed by atoms with E-state index in [0.717, 1.165) is 0 Å². The van der Waals surface area contributed by atoms with Crippen LogP contribution < -0.4 is 5.32 Å². The molecule has 1 aromatic heterocycles. The lowest BCUT2D eigenvalue weighted by Crippen LogP contribution is -2.50. The van der Waals surface area contributed by atoms with Gasteiger partial charge in [-0.2, -0.15) is 0 Å². The van der Waals surface area contributed by atoms with E-state index >= 15 is 0 Å². The van der Waals surface area contributed by atoms with E-state index in [1.54, 1.807) is 38.7 Å². The topological polar surface area (TPSA) is 101 Å². The Morgan fingerprint density at radius 1 is 1.15 bits per heavy atom. The average Bonchev–Trinajstić information content (AvgIpc) is 2.38. The molecule has 8 nitrogen and oxygen atoms in total. The van der Waals surface area contributed by atoms with Crippen LogP contribution in [0.2, 0.25) is 0 Å². The number of amides is 2. The van der Waals surface area contributed by atoms with Crippen molar-refractivity contribution in [2.24, 2.45) is 0 Å². The fraction of sp³-hybridized carbons (Fsp3) is 0.632. The van der Waals surface area contributed by atoms with Gasteiger partial charge >= 0.3 is 12.2 Å². The number of ether oxygens (including phenoxy) is 2. The van der Waals surface area contributed by atoms with Gasteiger partial charge in [0.15, 0.2) is 5.75 Å². The summed E-state index contributed by atoms with van der Waals surface area (Å²) in [4.78, 5) is 30.0. The van der Waals surface area contributed by atoms with Crippen LogP contribution in [-0.4, -0.2) is 51.5 Å². The van der Waals surface area contributed by atoms with Gasteiger partial charge in [-0.25, -0.2) is 9.59 Å². The predicted octanol–water partition coefficient (Wildman–Crippen LogP) is 3.78. The van der Waals surface area contributed by atoms with E-state index in [0.29, 0.717) is 24.5 Å². The number of carbonyl (C=O) groups excluding carboxylic acids is 2. The van der Waals surface area contributed by atoms with Gasteiger partial charge < -0.3 is 19.5 Å². The Bertz CT molecular complexity index is 728. The third-order valence-corrected chi connectivity index (χ3v) is 3.77. The van der Waals surface area contributed by atoms with E-state index in [-0.39, 0.29) is 23.4 Å². The lowest BCUT2D eigenvalue weighted by atomic mass is 9.95. The van der Waals surface area contributed by atoms with E-state index in [1.165, 1.54) is 0 Å². The number of aromatic hydroxyl groups is 1. The Hall–Kier alpha value is -2.51. The van der Waals surface area contributed by atoms with Crippen LogP contribution in [0.5, 0.6) is 5.75 Å². The molecule has 0 aliphatic carbocycles. The highest BCUT2D eigenvalue weighted by atomic mass is 16.6. The highest BCUT2D eigenvalue weighted by Gasteiger charge is 2.36. The lowest BCUT2D eigenvalue weighted by molar-refractivity contribution is 0.00785. The summed E-state index contributed by atoms with van der Waals surface area (Å²) in [6.45, 7) is 13.3. The lowest BCUT2D eigenvalue weighted by Gasteiger charge is -2.39. The molecule has 1 fully saturated rings. The van der Waals surface area contributed by atoms with Gasteiger partial charge in [0.2, 0.25) is 0 Å². The zero-order valence-corrected chi connectivity index (χ0v) is 17.0. The van der Waals surface area contributed by atoms with Crippen LogP contribution in [0.1, 0.15) is 58.8 Å². The van der Waals surface area contributed by atoms with Crippen molar-refractivity contribution in [3.8, 4) is 5.75 Å². The van der Waals surface area contributed by atoms with Crippen LogP contribution in [-0.2, 0) is 9.47 Å². The molecule has 0 aromatic carbocycles. The second kappa shape index (κ2) is 7.25. The quantitative estimate of drug-likeness (QED) is 0.811. The average molecular weight is 379 g/mol. The molecule has 0 saturated carbocycles. The van der Waals surface area contributed by atoms with Gasteiger partial charge in [0, 0.05) is 24.7 Å². The first-order valence-electron chi connectivity index (χ1n) is 8.93. The van der Waals surface area contributed by atoms with E-state index in [2.05, 4.69) is 10.3 Å². The van der Waals surface area contributed by atoms with E-state index in [4.69, 9.17) is 9.47 Å². The second-order valence-corrected chi connectivity index (χ2v) is 8.74. The van der Waals surface area contributed by atoms with Crippen LogP contribution in [0.25, 0.3) is 0 Å². The van der Waals surface area contributed by atoms with E-state index in [9.17, 15) is 14.7 Å². The maximum atomic E-state index is 12.1. The third-order valence-electron chi connectivity index (χ3n) is 3.77. The van der Waals surface area contributed by atoms with Gasteiger partial charge in [-0.05, 0) is 54.5 Å². The maximum absolute atomic E-state index is 12.1. The molecule has 0 radical (unpaired) electrons. The Morgan fingerprint density at radius 3 is 2.22 bits per heavy atom. The largest absolute Gasteiger partial charge is 0.504 e. The molecule has 0 bridgehead atoms. The summed E-state index contributed by atoms with van der Waals surface area (Å²) in [7, 11) is 0. The van der Waals surface area contributed by atoms with Crippen molar-refractivity contribution in [2.75, 3.05) is 18.4 Å². The Kier molecular flexibility index (Phi) is 5.58. The summed E-state index contributed by atoms with van der Waals surface area (Å²) in [5.41, 5.74) is 0.139. The molecule has 2 N–H and O–H groups in total. The molecule has 0 spiro atoms. The molecule has 8 heteroatoms. The predicted molar refractivity (Wildman–Crippen MR) is 101 cm³/mol. The molecular weight excluding hydrogens is 350 g/mol. The number of carbonyl (C=O) groups is 2. The van der Waals surface area contributed by atoms with Gasteiger partial charge in [-0.1, -0.05) is 0 Å². The minimum absolute atomic E-state index is 0.0102. The van der Waals surface area contributed by atoms with Crippen LogP contribution in [0, 0.1) is 6.92 Å². The normalized spacial score (nSPS) is 15.1. The summed E-state index contributed by atoms with van der Waals surface area (Å²) < 4.78 is 10.6. The van der Waals surface area contributed by atoms with Gasteiger partial charge in [0.1, 0.15) is 11.2 Å². The zero-order chi connectivity index (χ0) is 20.6. The fourth-order valence-electron chi connectivity index (χ4n) is 2.55. The van der Waals surface area contributed by atoms with E-state index < -0.39 is 17.3 Å². The van der Waals surface area contributed by atoms with Crippen LogP contribution in [0.15, 0.2) is 6.07 Å². The van der Waals surface area contributed by atoms with Crippen molar-refractivity contribution in [2.45, 2.75) is 65.6 Å². The van der Waals surface area contributed by atoms with Gasteiger partial charge in [0.05, 0.1) is 11.4 Å². The Balaban J connectivity index is 2.06. The highest BCUT2D eigenvalue weighted by molar-refractivity contribution is 5.87. The van der Waals surface area contributed by atoms with Crippen LogP contribution >= 0.6 is 0 Å². The highest BCUT2D eigenvalue weighted by Crippen LogP contribution is 2.34. The molecule has 0 atom stereocenters. The number of aryl methyl sites for hydroxylation is 1. The number of aromatic nitrogens is 1. The number of nitrogens with zero attached hydrogens (tertiary/aromatic N) is 2. The molecule has 0 unspecified atom stereocenters. The molecule has 1 saturated heterocycles. The van der Waals surface area contributed by atoms with Crippen molar-refractivity contribution in [1.82, 2.24) is 9.88 Å². The number of nitrogens with one attached hydrogen (secondary N) is 1. The molecule has 1 aliphatic rings. The molecule has 1 aromatic rings. The fourth-order valence-corrected chi connectivity index (χ4v) is 2.55. The first-order valence-corrected chi connectivity index (χ1v) is 8.93. The number of hydrogen-bond donors (Lipinski definition) is 2. The number of pyridine rings is 1. The molecule has 150 valence electrons. The molecular formula is C19H29N3O5. The summed E-state index contributed by atoms with van der Waals surface area (Å²) in [6, 6.07) is 1.61. The van der Waals surface area contributed by atoms with Crippen molar-refractivity contribution >= 4 is 17.9 Å². The summed E-state index contributed by atoms with van der Waals surface area (Å²) in [6.07, 6.45) is -1.01. The van der Waals surface area contributed by atoms with Crippen molar-refractivity contribution in [3.63, 3.8) is 0 Å². The molecule has 1 aliphatic heterocycles. The van der Waals surface area contributed by atoms with Crippen LogP contribution in [0.3, 0.4) is 0 Å². The smallest absolute Gasteiger partial charge is 0.412 e. The molecule has 2 heterocycles. The third kappa shape index (κ3) is 5.74. The van der Waals surface area contributed by atoms with Gasteiger partial charge in [0.25, 0.3) is 0 Å². The number of anilines is 1.